The lowest BCUT2D eigenvalue weighted by Gasteiger charge is -2.13. The Morgan fingerprint density at radius 3 is 2.45 bits per heavy atom. The van der Waals surface area contributed by atoms with E-state index < -0.39 is 29.5 Å². The number of nitrogens with one attached hydrogen (secondary N) is 2. The van der Waals surface area contributed by atoms with Crippen LogP contribution in [0, 0.1) is 11.6 Å². The summed E-state index contributed by atoms with van der Waals surface area (Å²) in [6.07, 6.45) is 2.03. The predicted octanol–water partition coefficient (Wildman–Crippen LogP) is 2.87. The van der Waals surface area contributed by atoms with Gasteiger partial charge in [0.1, 0.15) is 5.69 Å². The molecule has 0 radical (unpaired) electrons. The molecule has 2 amide bonds. The number of rotatable bonds is 4. The number of carbonyl (C=O) groups is 1. The second kappa shape index (κ2) is 7.15. The van der Waals surface area contributed by atoms with E-state index in [2.05, 4.69) is 10.3 Å². The Morgan fingerprint density at radius 1 is 1.27 bits per heavy atom. The number of aliphatic hydroxyl groups is 1. The monoisotopic (exact) mass is 327 g/mol. The highest BCUT2D eigenvalue weighted by Crippen LogP contribution is 2.23. The van der Waals surface area contributed by atoms with Gasteiger partial charge in [-0.3, -0.25) is 4.98 Å². The van der Waals surface area contributed by atoms with Crippen molar-refractivity contribution < 1.29 is 18.7 Å². The van der Waals surface area contributed by atoms with Crippen LogP contribution in [0.5, 0.6) is 0 Å². The Hall–Kier alpha value is -2.25. The quantitative estimate of drug-likeness (QED) is 0.808. The van der Waals surface area contributed by atoms with E-state index in [4.69, 9.17) is 11.6 Å². The fourth-order valence-corrected chi connectivity index (χ4v) is 1.90. The SMILES string of the molecule is O=C(NCC(O)c1ccncc1)Nc1c(F)cc(Cl)cc1F. The summed E-state index contributed by atoms with van der Waals surface area (Å²) >= 11 is 5.48. The molecular formula is C14H12ClF2N3O2. The van der Waals surface area contributed by atoms with Crippen LogP contribution in [0.2, 0.25) is 5.02 Å². The standard InChI is InChI=1S/C14H12ClF2N3O2/c15-9-5-10(16)13(11(17)6-9)20-14(22)19-7-12(21)8-1-3-18-4-2-8/h1-6,12,21H,7H2,(H2,19,20,22). The molecule has 1 unspecified atom stereocenters. The number of amides is 2. The van der Waals surface area contributed by atoms with E-state index in [0.717, 1.165) is 12.1 Å². The Labute approximate surface area is 129 Å². The fraction of sp³-hybridized carbons (Fsp3) is 0.143. The highest BCUT2D eigenvalue weighted by Gasteiger charge is 2.15. The maximum Gasteiger partial charge on any atom is 0.319 e. The van der Waals surface area contributed by atoms with Crippen LogP contribution in [0.25, 0.3) is 0 Å². The van der Waals surface area contributed by atoms with Gasteiger partial charge in [0, 0.05) is 24.0 Å². The van der Waals surface area contributed by atoms with Gasteiger partial charge in [0.2, 0.25) is 0 Å². The van der Waals surface area contributed by atoms with Gasteiger partial charge >= 0.3 is 6.03 Å². The molecule has 0 aliphatic carbocycles. The first-order valence-corrected chi connectivity index (χ1v) is 6.62. The molecule has 3 N–H and O–H groups in total. The summed E-state index contributed by atoms with van der Waals surface area (Å²) < 4.78 is 27.0. The Bertz CT molecular complexity index is 647. The van der Waals surface area contributed by atoms with E-state index >= 15 is 0 Å². The van der Waals surface area contributed by atoms with Gasteiger partial charge in [0.05, 0.1) is 6.10 Å². The Morgan fingerprint density at radius 2 is 1.86 bits per heavy atom. The lowest BCUT2D eigenvalue weighted by molar-refractivity contribution is 0.175. The van der Waals surface area contributed by atoms with Gasteiger partial charge in [0.25, 0.3) is 0 Å². The number of pyridine rings is 1. The molecule has 8 heteroatoms. The zero-order valence-electron chi connectivity index (χ0n) is 11.2. The van der Waals surface area contributed by atoms with Crippen molar-refractivity contribution in [3.05, 3.63) is 58.9 Å². The summed E-state index contributed by atoms with van der Waals surface area (Å²) in [6, 6.07) is 4.08. The average Bonchev–Trinajstić information content (AvgIpc) is 2.49. The summed E-state index contributed by atoms with van der Waals surface area (Å²) in [4.78, 5) is 15.4. The zero-order valence-corrected chi connectivity index (χ0v) is 11.9. The molecule has 116 valence electrons. The van der Waals surface area contributed by atoms with Crippen LogP contribution in [-0.2, 0) is 0 Å². The molecular weight excluding hydrogens is 316 g/mol. The predicted molar refractivity (Wildman–Crippen MR) is 77.6 cm³/mol. The van der Waals surface area contributed by atoms with Crippen molar-refractivity contribution in [2.45, 2.75) is 6.10 Å². The van der Waals surface area contributed by atoms with E-state index in [0.29, 0.717) is 5.56 Å². The van der Waals surface area contributed by atoms with E-state index in [9.17, 15) is 18.7 Å². The van der Waals surface area contributed by atoms with Crippen LogP contribution < -0.4 is 10.6 Å². The second-order valence-electron chi connectivity index (χ2n) is 4.38. The molecule has 1 aromatic heterocycles. The molecule has 0 saturated carbocycles. The maximum atomic E-state index is 13.5. The normalized spacial score (nSPS) is 11.8. The van der Waals surface area contributed by atoms with Gasteiger partial charge < -0.3 is 15.7 Å². The fourth-order valence-electron chi connectivity index (χ4n) is 1.71. The largest absolute Gasteiger partial charge is 0.387 e. The van der Waals surface area contributed by atoms with Crippen molar-refractivity contribution in [1.82, 2.24) is 10.3 Å². The molecule has 0 aliphatic rings. The summed E-state index contributed by atoms with van der Waals surface area (Å²) in [7, 11) is 0. The first kappa shape index (κ1) is 16.1. The van der Waals surface area contributed by atoms with E-state index in [1.165, 1.54) is 12.4 Å². The zero-order chi connectivity index (χ0) is 16.1. The Kier molecular flexibility index (Phi) is 5.24. The number of carbonyl (C=O) groups excluding carboxylic acids is 1. The van der Waals surface area contributed by atoms with Crippen molar-refractivity contribution >= 4 is 23.3 Å². The third-order valence-corrected chi connectivity index (χ3v) is 3.01. The van der Waals surface area contributed by atoms with E-state index in [1.54, 1.807) is 12.1 Å². The lowest BCUT2D eigenvalue weighted by atomic mass is 10.1. The second-order valence-corrected chi connectivity index (χ2v) is 4.81. The highest BCUT2D eigenvalue weighted by molar-refractivity contribution is 6.30. The molecule has 0 aliphatic heterocycles. The summed E-state index contributed by atoms with van der Waals surface area (Å²) in [5.74, 6) is -1.98. The van der Waals surface area contributed by atoms with Crippen LogP contribution in [0.15, 0.2) is 36.7 Å². The lowest BCUT2D eigenvalue weighted by Crippen LogP contribution is -2.33. The summed E-state index contributed by atoms with van der Waals surface area (Å²) in [5.41, 5.74) is -0.0561. The van der Waals surface area contributed by atoms with Crippen LogP contribution in [-0.4, -0.2) is 22.7 Å². The first-order valence-electron chi connectivity index (χ1n) is 6.24. The first-order chi connectivity index (χ1) is 10.5. The van der Waals surface area contributed by atoms with Crippen LogP contribution >= 0.6 is 11.6 Å². The number of hydrogen-bond donors (Lipinski definition) is 3. The number of anilines is 1. The molecule has 2 aromatic rings. The van der Waals surface area contributed by atoms with Gasteiger partial charge in [0.15, 0.2) is 11.6 Å². The van der Waals surface area contributed by atoms with Crippen molar-refractivity contribution in [2.75, 3.05) is 11.9 Å². The van der Waals surface area contributed by atoms with Crippen molar-refractivity contribution in [1.29, 1.82) is 0 Å². The van der Waals surface area contributed by atoms with Gasteiger partial charge in [-0.25, -0.2) is 13.6 Å². The summed E-state index contributed by atoms with van der Waals surface area (Å²) in [5, 5.41) is 14.1. The number of halogens is 3. The molecule has 1 atom stereocenters. The van der Waals surface area contributed by atoms with Crippen molar-refractivity contribution in [3.8, 4) is 0 Å². The third-order valence-electron chi connectivity index (χ3n) is 2.79. The minimum atomic E-state index is -0.991. The van der Waals surface area contributed by atoms with E-state index in [1.807, 2.05) is 5.32 Å². The molecule has 0 spiro atoms. The maximum absolute atomic E-state index is 13.5. The minimum absolute atomic E-state index is 0.117. The number of hydrogen-bond acceptors (Lipinski definition) is 3. The molecule has 0 fully saturated rings. The Balaban J connectivity index is 1.94. The van der Waals surface area contributed by atoms with Gasteiger partial charge in [-0.2, -0.15) is 0 Å². The minimum Gasteiger partial charge on any atom is -0.387 e. The van der Waals surface area contributed by atoms with E-state index in [-0.39, 0.29) is 11.6 Å². The van der Waals surface area contributed by atoms with Crippen molar-refractivity contribution in [2.24, 2.45) is 0 Å². The number of aliphatic hydroxyl groups excluding tert-OH is 1. The molecule has 1 aromatic carbocycles. The van der Waals surface area contributed by atoms with Gasteiger partial charge in [-0.05, 0) is 29.8 Å². The average molecular weight is 328 g/mol. The molecule has 2 rings (SSSR count). The molecule has 5 nitrogen and oxygen atoms in total. The number of benzene rings is 1. The van der Waals surface area contributed by atoms with Crippen molar-refractivity contribution in [3.63, 3.8) is 0 Å². The third kappa shape index (κ3) is 4.12. The summed E-state index contributed by atoms with van der Waals surface area (Å²) in [6.45, 7) is -0.132. The van der Waals surface area contributed by atoms with Crippen LogP contribution in [0.3, 0.4) is 0 Å². The van der Waals surface area contributed by atoms with Gasteiger partial charge in [-0.1, -0.05) is 11.6 Å². The topological polar surface area (TPSA) is 74.2 Å². The molecule has 1 heterocycles. The smallest absolute Gasteiger partial charge is 0.319 e. The number of aromatic nitrogens is 1. The molecule has 0 bridgehead atoms. The van der Waals surface area contributed by atoms with Crippen LogP contribution in [0.4, 0.5) is 19.3 Å². The molecule has 0 saturated heterocycles. The van der Waals surface area contributed by atoms with Crippen LogP contribution in [0.1, 0.15) is 11.7 Å². The number of urea groups is 1. The highest BCUT2D eigenvalue weighted by atomic mass is 35.5. The van der Waals surface area contributed by atoms with Gasteiger partial charge in [-0.15, -0.1) is 0 Å². The number of nitrogens with zero attached hydrogens (tertiary/aromatic N) is 1. The molecule has 22 heavy (non-hydrogen) atoms.